The molecule has 0 aliphatic heterocycles. The number of aliphatic hydroxyl groups is 2. The van der Waals surface area contributed by atoms with Gasteiger partial charge in [0.15, 0.2) is 0 Å². The average Bonchev–Trinajstić information content (AvgIpc) is 1.98. The molecule has 0 aromatic rings. The van der Waals surface area contributed by atoms with E-state index < -0.39 is 12.2 Å². The number of hydrogen-bond acceptors (Lipinski definition) is 3. The van der Waals surface area contributed by atoms with Gasteiger partial charge >= 0.3 is 0 Å². The van der Waals surface area contributed by atoms with Crippen molar-refractivity contribution in [1.82, 2.24) is 0 Å². The lowest BCUT2D eigenvalue weighted by molar-refractivity contribution is 0.0265. The molecule has 0 saturated heterocycles. The molecule has 1 aliphatic carbocycles. The molecule has 0 aromatic carbocycles. The van der Waals surface area contributed by atoms with Gasteiger partial charge < -0.3 is 10.2 Å². The van der Waals surface area contributed by atoms with Crippen molar-refractivity contribution < 1.29 is 10.2 Å². The van der Waals surface area contributed by atoms with Crippen molar-refractivity contribution in [2.45, 2.75) is 30.8 Å². The van der Waals surface area contributed by atoms with E-state index in [0.29, 0.717) is 0 Å². The largest absolute Gasteiger partial charge is 0.390 e. The summed E-state index contributed by atoms with van der Waals surface area (Å²) in [5, 5.41) is 18.2. The van der Waals surface area contributed by atoms with Gasteiger partial charge in [-0.1, -0.05) is 6.92 Å². The lowest BCUT2D eigenvalue weighted by Gasteiger charge is -2.11. The summed E-state index contributed by atoms with van der Waals surface area (Å²) in [6, 6.07) is 0. The van der Waals surface area contributed by atoms with Gasteiger partial charge in [0.25, 0.3) is 0 Å². The van der Waals surface area contributed by atoms with Crippen LogP contribution >= 0.6 is 12.6 Å². The van der Waals surface area contributed by atoms with E-state index in [4.69, 9.17) is 10.2 Å². The maximum absolute atomic E-state index is 9.14. The van der Waals surface area contributed by atoms with Crippen LogP contribution in [-0.4, -0.2) is 27.7 Å². The van der Waals surface area contributed by atoms with Gasteiger partial charge in [-0.15, -0.1) is 0 Å². The van der Waals surface area contributed by atoms with Crippen LogP contribution in [0.2, 0.25) is 0 Å². The Balaban J connectivity index is 2.54. The maximum Gasteiger partial charge on any atom is 0.0917 e. The number of aliphatic hydroxyl groups excluding tert-OH is 2. The molecular formula is C6H12O2S. The van der Waals surface area contributed by atoms with Gasteiger partial charge in [-0.2, -0.15) is 12.6 Å². The molecule has 1 aliphatic rings. The van der Waals surface area contributed by atoms with E-state index >= 15 is 0 Å². The molecule has 1 rings (SSSR count). The molecule has 1 saturated carbocycles. The molecule has 4 unspecified atom stereocenters. The fraction of sp³-hybridized carbons (Fsp3) is 1.00. The van der Waals surface area contributed by atoms with Crippen molar-refractivity contribution in [3.63, 3.8) is 0 Å². The van der Waals surface area contributed by atoms with Crippen molar-refractivity contribution in [1.29, 1.82) is 0 Å². The Labute approximate surface area is 60.3 Å². The van der Waals surface area contributed by atoms with E-state index in [9.17, 15) is 0 Å². The maximum atomic E-state index is 9.14. The zero-order valence-electron chi connectivity index (χ0n) is 5.36. The molecule has 0 amide bonds. The zero-order chi connectivity index (χ0) is 7.02. The van der Waals surface area contributed by atoms with Crippen LogP contribution in [0.3, 0.4) is 0 Å². The van der Waals surface area contributed by atoms with Crippen molar-refractivity contribution in [2.24, 2.45) is 5.92 Å². The monoisotopic (exact) mass is 148 g/mol. The second kappa shape index (κ2) is 2.48. The highest BCUT2D eigenvalue weighted by molar-refractivity contribution is 7.81. The predicted octanol–water partition coefficient (Wildman–Crippen LogP) is 0.0464. The van der Waals surface area contributed by atoms with Crippen LogP contribution in [0.5, 0.6) is 0 Å². The third kappa shape index (κ3) is 1.23. The van der Waals surface area contributed by atoms with Crippen molar-refractivity contribution >= 4 is 12.6 Å². The molecule has 0 spiro atoms. The summed E-state index contributed by atoms with van der Waals surface area (Å²) in [5.41, 5.74) is 0. The van der Waals surface area contributed by atoms with E-state index in [1.807, 2.05) is 6.92 Å². The molecule has 2 N–H and O–H groups in total. The zero-order valence-corrected chi connectivity index (χ0v) is 6.25. The van der Waals surface area contributed by atoms with Crippen LogP contribution in [-0.2, 0) is 0 Å². The molecule has 1 fully saturated rings. The third-order valence-electron chi connectivity index (χ3n) is 1.94. The molecule has 0 radical (unpaired) electrons. The Morgan fingerprint density at radius 3 is 2.00 bits per heavy atom. The Hall–Kier alpha value is 0.270. The lowest BCUT2D eigenvalue weighted by Crippen LogP contribution is -2.27. The van der Waals surface area contributed by atoms with Gasteiger partial charge in [-0.3, -0.25) is 0 Å². The Morgan fingerprint density at radius 1 is 1.33 bits per heavy atom. The van der Waals surface area contributed by atoms with Crippen LogP contribution in [0.25, 0.3) is 0 Å². The molecule has 0 heterocycles. The molecule has 0 bridgehead atoms. The molecule has 2 nitrogen and oxygen atoms in total. The van der Waals surface area contributed by atoms with E-state index in [-0.39, 0.29) is 11.2 Å². The van der Waals surface area contributed by atoms with E-state index in [1.54, 1.807) is 0 Å². The predicted molar refractivity (Wildman–Crippen MR) is 38.6 cm³/mol. The first kappa shape index (κ1) is 7.38. The number of hydrogen-bond donors (Lipinski definition) is 3. The number of thiol groups is 1. The van der Waals surface area contributed by atoms with Crippen LogP contribution in [0, 0.1) is 5.92 Å². The van der Waals surface area contributed by atoms with Crippen molar-refractivity contribution in [3.05, 3.63) is 0 Å². The summed E-state index contributed by atoms with van der Waals surface area (Å²) in [6.07, 6.45) is -0.373. The lowest BCUT2D eigenvalue weighted by atomic mass is 10.1. The minimum absolute atomic E-state index is 0.0324. The van der Waals surface area contributed by atoms with Gasteiger partial charge in [-0.25, -0.2) is 0 Å². The minimum Gasteiger partial charge on any atom is -0.390 e. The Morgan fingerprint density at radius 2 is 1.89 bits per heavy atom. The first-order valence-electron chi connectivity index (χ1n) is 3.17. The van der Waals surface area contributed by atoms with Gasteiger partial charge in [0.1, 0.15) is 0 Å². The molecule has 54 valence electrons. The van der Waals surface area contributed by atoms with E-state index in [1.165, 1.54) is 0 Å². The molecular weight excluding hydrogens is 136 g/mol. The van der Waals surface area contributed by atoms with Gasteiger partial charge in [0, 0.05) is 5.25 Å². The first-order chi connectivity index (χ1) is 4.13. The highest BCUT2D eigenvalue weighted by Crippen LogP contribution is 2.29. The first-order valence-corrected chi connectivity index (χ1v) is 3.68. The van der Waals surface area contributed by atoms with Crippen molar-refractivity contribution in [2.75, 3.05) is 0 Å². The molecule has 4 atom stereocenters. The Bertz CT molecular complexity index is 95.2. The van der Waals surface area contributed by atoms with Crippen LogP contribution in [0.15, 0.2) is 0 Å². The summed E-state index contributed by atoms with van der Waals surface area (Å²) in [4.78, 5) is 0. The fourth-order valence-corrected chi connectivity index (χ4v) is 1.73. The molecule has 9 heavy (non-hydrogen) atoms. The summed E-state index contributed by atoms with van der Waals surface area (Å²) in [6.45, 7) is 1.92. The third-order valence-corrected chi connectivity index (χ3v) is 2.46. The summed E-state index contributed by atoms with van der Waals surface area (Å²) in [7, 11) is 0. The smallest absolute Gasteiger partial charge is 0.0917 e. The van der Waals surface area contributed by atoms with Gasteiger partial charge in [0.05, 0.1) is 12.2 Å². The normalized spacial score (nSPS) is 52.0. The quantitative estimate of drug-likeness (QED) is 0.425. The van der Waals surface area contributed by atoms with Gasteiger partial charge in [0.2, 0.25) is 0 Å². The minimum atomic E-state index is -0.622. The fourth-order valence-electron chi connectivity index (χ4n) is 1.22. The standard InChI is InChI=1S/C6H12O2S/c1-3-2-4(9)6(8)5(3)7/h3-9H,2H2,1H3. The topological polar surface area (TPSA) is 40.5 Å². The van der Waals surface area contributed by atoms with Gasteiger partial charge in [-0.05, 0) is 12.3 Å². The van der Waals surface area contributed by atoms with E-state index in [2.05, 4.69) is 12.6 Å². The second-order valence-corrected chi connectivity index (χ2v) is 3.42. The summed E-state index contributed by atoms with van der Waals surface area (Å²) < 4.78 is 0. The molecule has 3 heteroatoms. The van der Waals surface area contributed by atoms with E-state index in [0.717, 1.165) is 6.42 Å². The SMILES string of the molecule is CC1CC(S)C(O)C1O. The number of rotatable bonds is 0. The Kier molecular flexibility index (Phi) is 2.03. The second-order valence-electron chi connectivity index (χ2n) is 2.76. The van der Waals surface area contributed by atoms with Crippen LogP contribution in [0.1, 0.15) is 13.3 Å². The highest BCUT2D eigenvalue weighted by atomic mass is 32.1. The summed E-state index contributed by atoms with van der Waals surface area (Å²) in [5.74, 6) is 0.197. The van der Waals surface area contributed by atoms with Crippen LogP contribution in [0.4, 0.5) is 0 Å². The van der Waals surface area contributed by atoms with Crippen LogP contribution < -0.4 is 0 Å². The summed E-state index contributed by atoms with van der Waals surface area (Å²) >= 11 is 4.10. The molecule has 0 aromatic heterocycles. The average molecular weight is 148 g/mol. The highest BCUT2D eigenvalue weighted by Gasteiger charge is 2.36. The van der Waals surface area contributed by atoms with Crippen molar-refractivity contribution in [3.8, 4) is 0 Å².